The number of carbonyl (C=O) groups is 1. The Bertz CT molecular complexity index is 1620. The van der Waals surface area contributed by atoms with Gasteiger partial charge in [0.05, 0.1) is 17.1 Å². The highest BCUT2D eigenvalue weighted by molar-refractivity contribution is 6.31. The van der Waals surface area contributed by atoms with Crippen LogP contribution in [-0.4, -0.2) is 21.8 Å². The van der Waals surface area contributed by atoms with Crippen LogP contribution in [0.1, 0.15) is 12.5 Å². The third-order valence-corrected chi connectivity index (χ3v) is 5.17. The zero-order chi connectivity index (χ0) is 22.9. The van der Waals surface area contributed by atoms with Crippen molar-refractivity contribution >= 4 is 45.7 Å². The molecule has 0 N–H and O–H groups in total. The van der Waals surface area contributed by atoms with Crippen molar-refractivity contribution in [3.05, 3.63) is 93.7 Å². The SMILES string of the molecule is CC(=O)Oc1ccccc1C=Nn1c(-c2cc3cc(Cl)ccc3o2)nc2ccccc2c1=O. The van der Waals surface area contributed by atoms with Gasteiger partial charge < -0.3 is 9.15 Å². The van der Waals surface area contributed by atoms with Crippen molar-refractivity contribution in [1.82, 2.24) is 9.66 Å². The monoisotopic (exact) mass is 457 g/mol. The molecular formula is C25H16ClN3O4. The third-order valence-electron chi connectivity index (χ3n) is 4.94. The van der Waals surface area contributed by atoms with Crippen molar-refractivity contribution in [2.75, 3.05) is 0 Å². The van der Waals surface area contributed by atoms with Gasteiger partial charge in [0.25, 0.3) is 5.56 Å². The Labute approximate surface area is 192 Å². The van der Waals surface area contributed by atoms with Crippen LogP contribution in [0, 0.1) is 0 Å². The zero-order valence-electron chi connectivity index (χ0n) is 17.4. The molecule has 0 fully saturated rings. The highest BCUT2D eigenvalue weighted by atomic mass is 35.5. The number of rotatable bonds is 4. The Balaban J connectivity index is 1.71. The number of esters is 1. The largest absolute Gasteiger partial charge is 0.453 e. The van der Waals surface area contributed by atoms with Crippen LogP contribution in [0.15, 0.2) is 87.1 Å². The molecule has 162 valence electrons. The maximum atomic E-state index is 13.3. The Morgan fingerprint density at radius 1 is 1.09 bits per heavy atom. The molecule has 0 aliphatic rings. The molecule has 33 heavy (non-hydrogen) atoms. The lowest BCUT2D eigenvalue weighted by Crippen LogP contribution is -2.20. The van der Waals surface area contributed by atoms with Crippen LogP contribution in [0.5, 0.6) is 5.75 Å². The summed E-state index contributed by atoms with van der Waals surface area (Å²) >= 11 is 6.11. The summed E-state index contributed by atoms with van der Waals surface area (Å²) in [6.45, 7) is 1.32. The number of halogens is 1. The summed E-state index contributed by atoms with van der Waals surface area (Å²) in [5, 5.41) is 6.15. The third kappa shape index (κ3) is 4.02. The summed E-state index contributed by atoms with van der Waals surface area (Å²) in [7, 11) is 0. The minimum absolute atomic E-state index is 0.229. The number of aromatic nitrogens is 2. The molecule has 0 unspecified atom stereocenters. The molecule has 0 aliphatic heterocycles. The van der Waals surface area contributed by atoms with E-state index in [2.05, 4.69) is 10.1 Å². The summed E-state index contributed by atoms with van der Waals surface area (Å²) < 4.78 is 12.4. The standard InChI is InChI=1S/C25H16ClN3O4/c1-15(30)32-21-9-5-2-6-16(21)14-27-29-24(28-20-8-4-3-7-19(20)25(29)31)23-13-17-12-18(26)10-11-22(17)33-23/h2-14H,1H3. The summed E-state index contributed by atoms with van der Waals surface area (Å²) in [6.07, 6.45) is 1.44. The Kier molecular flexibility index (Phi) is 5.24. The van der Waals surface area contributed by atoms with Gasteiger partial charge in [-0.1, -0.05) is 35.9 Å². The van der Waals surface area contributed by atoms with E-state index in [1.165, 1.54) is 17.8 Å². The molecule has 2 aromatic heterocycles. The smallest absolute Gasteiger partial charge is 0.308 e. The predicted octanol–water partition coefficient (Wildman–Crippen LogP) is 5.27. The van der Waals surface area contributed by atoms with E-state index in [1.807, 2.05) is 0 Å². The molecule has 0 saturated heterocycles. The van der Waals surface area contributed by atoms with E-state index in [1.54, 1.807) is 72.8 Å². The van der Waals surface area contributed by atoms with Crippen LogP contribution < -0.4 is 10.3 Å². The Morgan fingerprint density at radius 2 is 1.88 bits per heavy atom. The van der Waals surface area contributed by atoms with E-state index >= 15 is 0 Å². The minimum atomic E-state index is -0.456. The summed E-state index contributed by atoms with van der Waals surface area (Å²) in [6, 6.07) is 20.9. The van der Waals surface area contributed by atoms with Crippen LogP contribution in [0.25, 0.3) is 33.5 Å². The second kappa shape index (κ2) is 8.37. The van der Waals surface area contributed by atoms with Gasteiger partial charge in [0.2, 0.25) is 5.82 Å². The molecule has 0 spiro atoms. The van der Waals surface area contributed by atoms with Gasteiger partial charge in [0.1, 0.15) is 11.3 Å². The molecule has 0 saturated carbocycles. The molecule has 0 aliphatic carbocycles. The van der Waals surface area contributed by atoms with Crippen molar-refractivity contribution in [2.45, 2.75) is 6.92 Å². The average molecular weight is 458 g/mol. The molecule has 3 aromatic carbocycles. The van der Waals surface area contributed by atoms with E-state index in [0.717, 1.165) is 5.39 Å². The highest BCUT2D eigenvalue weighted by Crippen LogP contribution is 2.29. The molecule has 0 atom stereocenters. The van der Waals surface area contributed by atoms with Crippen LogP contribution in [-0.2, 0) is 4.79 Å². The lowest BCUT2D eigenvalue weighted by atomic mass is 10.2. The van der Waals surface area contributed by atoms with E-state index in [9.17, 15) is 9.59 Å². The molecule has 0 radical (unpaired) electrons. The van der Waals surface area contributed by atoms with E-state index in [0.29, 0.717) is 38.6 Å². The van der Waals surface area contributed by atoms with Crippen molar-refractivity contribution in [1.29, 1.82) is 0 Å². The first-order chi connectivity index (χ1) is 16.0. The molecule has 0 amide bonds. The lowest BCUT2D eigenvalue weighted by molar-refractivity contribution is -0.131. The first-order valence-electron chi connectivity index (χ1n) is 10.0. The van der Waals surface area contributed by atoms with Gasteiger partial charge in [0.15, 0.2) is 5.76 Å². The number of hydrogen-bond donors (Lipinski definition) is 0. The van der Waals surface area contributed by atoms with Crippen molar-refractivity contribution in [3.8, 4) is 17.3 Å². The highest BCUT2D eigenvalue weighted by Gasteiger charge is 2.17. The van der Waals surface area contributed by atoms with Gasteiger partial charge in [-0.2, -0.15) is 9.78 Å². The molecular weight excluding hydrogens is 442 g/mol. The topological polar surface area (TPSA) is 86.7 Å². The zero-order valence-corrected chi connectivity index (χ0v) is 18.1. The van der Waals surface area contributed by atoms with Gasteiger partial charge in [-0.3, -0.25) is 9.59 Å². The summed E-state index contributed by atoms with van der Waals surface area (Å²) in [4.78, 5) is 29.4. The maximum absolute atomic E-state index is 13.3. The number of benzene rings is 3. The molecule has 5 rings (SSSR count). The van der Waals surface area contributed by atoms with Gasteiger partial charge in [-0.05, 0) is 48.5 Å². The van der Waals surface area contributed by atoms with Gasteiger partial charge >= 0.3 is 5.97 Å². The van der Waals surface area contributed by atoms with Gasteiger partial charge in [-0.15, -0.1) is 0 Å². The number of furan rings is 1. The maximum Gasteiger partial charge on any atom is 0.308 e. The fourth-order valence-electron chi connectivity index (χ4n) is 3.47. The first kappa shape index (κ1) is 20.7. The van der Waals surface area contributed by atoms with E-state index in [-0.39, 0.29) is 11.4 Å². The number of carbonyl (C=O) groups excluding carboxylic acids is 1. The van der Waals surface area contributed by atoms with Gasteiger partial charge in [0, 0.05) is 22.9 Å². The second-order valence-corrected chi connectivity index (χ2v) is 7.67. The second-order valence-electron chi connectivity index (χ2n) is 7.24. The fourth-order valence-corrected chi connectivity index (χ4v) is 3.65. The van der Waals surface area contributed by atoms with Crippen LogP contribution >= 0.6 is 11.6 Å². The fraction of sp³-hybridized carbons (Fsp3) is 0.0400. The number of nitrogens with zero attached hydrogens (tertiary/aromatic N) is 3. The number of fused-ring (bicyclic) bond motifs is 2. The van der Waals surface area contributed by atoms with Gasteiger partial charge in [-0.25, -0.2) is 4.98 Å². The van der Waals surface area contributed by atoms with Crippen LogP contribution in [0.3, 0.4) is 0 Å². The van der Waals surface area contributed by atoms with Crippen molar-refractivity contribution in [2.24, 2.45) is 5.10 Å². The quantitative estimate of drug-likeness (QED) is 0.208. The number of para-hydroxylation sites is 2. The molecule has 2 heterocycles. The normalized spacial score (nSPS) is 11.5. The van der Waals surface area contributed by atoms with Crippen LogP contribution in [0.4, 0.5) is 0 Å². The van der Waals surface area contributed by atoms with Crippen molar-refractivity contribution < 1.29 is 13.9 Å². The first-order valence-corrected chi connectivity index (χ1v) is 10.4. The predicted molar refractivity (Wildman–Crippen MR) is 127 cm³/mol. The Hall–Kier alpha value is -4.23. The minimum Gasteiger partial charge on any atom is -0.453 e. The lowest BCUT2D eigenvalue weighted by Gasteiger charge is -2.08. The van der Waals surface area contributed by atoms with E-state index in [4.69, 9.17) is 20.8 Å². The molecule has 5 aromatic rings. The molecule has 7 nitrogen and oxygen atoms in total. The van der Waals surface area contributed by atoms with E-state index < -0.39 is 5.97 Å². The summed E-state index contributed by atoms with van der Waals surface area (Å²) in [5.74, 6) is 0.463. The summed E-state index contributed by atoms with van der Waals surface area (Å²) in [5.41, 5.74) is 1.28. The van der Waals surface area contributed by atoms with Crippen molar-refractivity contribution in [3.63, 3.8) is 0 Å². The number of hydrogen-bond acceptors (Lipinski definition) is 6. The molecule has 0 bridgehead atoms. The van der Waals surface area contributed by atoms with Crippen LogP contribution in [0.2, 0.25) is 5.02 Å². The average Bonchev–Trinajstić information content (AvgIpc) is 3.22. The number of ether oxygens (including phenoxy) is 1. The Morgan fingerprint density at radius 3 is 2.73 bits per heavy atom. The molecule has 8 heteroatoms.